The summed E-state index contributed by atoms with van der Waals surface area (Å²) in [7, 11) is -8.35. The lowest BCUT2D eigenvalue weighted by Gasteiger charge is -2.08. The van der Waals surface area contributed by atoms with E-state index in [0.717, 1.165) is 5.56 Å². The smallest absolute Gasteiger partial charge is 0.253 e. The molecule has 2 aromatic carbocycles. The van der Waals surface area contributed by atoms with Crippen molar-refractivity contribution < 1.29 is 21.5 Å². The number of hydrogen-bond donors (Lipinski definition) is 1. The molecule has 1 N–H and O–H groups in total. The molecule has 0 aromatic heterocycles. The molecule has 0 heterocycles. The minimum absolute atomic E-state index is 0. The predicted molar refractivity (Wildman–Crippen MR) is 82.6 cm³/mol. The molecule has 0 aliphatic carbocycles. The van der Waals surface area contributed by atoms with E-state index in [1.54, 1.807) is 23.2 Å². The van der Waals surface area contributed by atoms with Gasteiger partial charge in [-0.2, -0.15) is 0 Å². The van der Waals surface area contributed by atoms with Crippen LogP contribution in [-0.2, 0) is 20.0 Å². The van der Waals surface area contributed by atoms with Crippen LogP contribution in [0.4, 0.5) is 4.70 Å². The van der Waals surface area contributed by atoms with Gasteiger partial charge in [-0.05, 0) is 43.3 Å². The van der Waals surface area contributed by atoms with Crippen LogP contribution < -0.4 is 4.13 Å². The van der Waals surface area contributed by atoms with E-state index in [1.807, 2.05) is 0 Å². The van der Waals surface area contributed by atoms with Gasteiger partial charge in [0.1, 0.15) is 0 Å². The van der Waals surface area contributed by atoms with Crippen LogP contribution in [0.15, 0.2) is 58.3 Å². The monoisotopic (exact) mass is 365 g/mol. The number of aryl methyl sites for hydroxylation is 1. The third-order valence-electron chi connectivity index (χ3n) is 2.67. The maximum atomic E-state index is 12.1. The van der Waals surface area contributed by atoms with Crippen LogP contribution in [-0.4, -0.2) is 16.8 Å². The molecule has 0 aliphatic rings. The number of nitrogens with one attached hydrogen (secondary N) is 1. The van der Waals surface area contributed by atoms with Gasteiger partial charge in [-0.3, -0.25) is 4.70 Å². The Hall–Kier alpha value is -1.48. The first-order chi connectivity index (χ1) is 9.71. The molecule has 0 saturated heterocycles. The summed E-state index contributed by atoms with van der Waals surface area (Å²) >= 11 is 5.67. The van der Waals surface area contributed by atoms with E-state index < -0.39 is 20.0 Å². The van der Waals surface area contributed by atoms with Gasteiger partial charge in [0, 0.05) is 5.02 Å². The predicted octanol–water partition coefficient (Wildman–Crippen LogP) is 2.47. The van der Waals surface area contributed by atoms with E-state index in [9.17, 15) is 16.8 Å². The molecule has 5 nitrogen and oxygen atoms in total. The molecule has 0 radical (unpaired) electrons. The molecule has 0 aliphatic heterocycles. The molecule has 22 heavy (non-hydrogen) atoms. The molecular weight excluding hydrogens is 353 g/mol. The number of sulfonamides is 2. The van der Waals surface area contributed by atoms with Gasteiger partial charge in [0.25, 0.3) is 20.0 Å². The van der Waals surface area contributed by atoms with Crippen molar-refractivity contribution in [2.45, 2.75) is 16.7 Å². The minimum atomic E-state index is -4.19. The summed E-state index contributed by atoms with van der Waals surface area (Å²) in [4.78, 5) is -0.298. The molecule has 0 unspecified atom stereocenters. The van der Waals surface area contributed by atoms with Gasteiger partial charge in [0.05, 0.1) is 9.79 Å². The Morgan fingerprint density at radius 2 is 1.14 bits per heavy atom. The van der Waals surface area contributed by atoms with Crippen LogP contribution in [0.5, 0.6) is 0 Å². The summed E-state index contributed by atoms with van der Waals surface area (Å²) in [5, 5.41) is 0.357. The molecule has 9 heteroatoms. The van der Waals surface area contributed by atoms with E-state index in [0.29, 0.717) is 5.02 Å². The van der Waals surface area contributed by atoms with Crippen LogP contribution in [0.25, 0.3) is 0 Å². The fraction of sp³-hybridized carbons (Fsp3) is 0.0769. The summed E-state index contributed by atoms with van der Waals surface area (Å²) in [6.45, 7) is 1.80. The van der Waals surface area contributed by atoms with E-state index in [2.05, 4.69) is 0 Å². The Labute approximate surface area is 133 Å². The van der Waals surface area contributed by atoms with Gasteiger partial charge in [-0.1, -0.05) is 29.3 Å². The molecule has 120 valence electrons. The van der Waals surface area contributed by atoms with Crippen molar-refractivity contribution in [1.82, 2.24) is 4.13 Å². The number of hydrogen-bond acceptors (Lipinski definition) is 4. The highest BCUT2D eigenvalue weighted by Gasteiger charge is 2.24. The lowest BCUT2D eigenvalue weighted by Crippen LogP contribution is -2.30. The zero-order valence-corrected chi connectivity index (χ0v) is 13.7. The quantitative estimate of drug-likeness (QED) is 0.902. The molecule has 2 aromatic rings. The Bertz CT molecular complexity index is 774. The Morgan fingerprint density at radius 1 is 0.773 bits per heavy atom. The van der Waals surface area contributed by atoms with E-state index >= 15 is 0 Å². The number of rotatable bonds is 4. The zero-order valence-electron chi connectivity index (χ0n) is 11.4. The Morgan fingerprint density at radius 3 is 1.55 bits per heavy atom. The van der Waals surface area contributed by atoms with Crippen LogP contribution in [0.3, 0.4) is 0 Å². The second-order valence-electron chi connectivity index (χ2n) is 4.36. The molecule has 0 fully saturated rings. The van der Waals surface area contributed by atoms with E-state index in [1.165, 1.54) is 36.4 Å². The standard InChI is InChI=1S/C13H12ClNO4S2.FH/c1-10-2-6-12(7-3-10)20(16,17)15-21(18,19)13-8-4-11(14)5-9-13;/h2-9,15H,1H3;1H. The van der Waals surface area contributed by atoms with Crippen LogP contribution in [0.1, 0.15) is 5.56 Å². The molecule has 2 rings (SSSR count). The first-order valence-corrected chi connectivity index (χ1v) is 9.16. The van der Waals surface area contributed by atoms with E-state index in [-0.39, 0.29) is 14.5 Å². The third-order valence-corrected chi connectivity index (χ3v) is 6.47. The maximum absolute atomic E-state index is 12.1. The topological polar surface area (TPSA) is 80.3 Å². The second kappa shape index (κ2) is 6.74. The summed E-state index contributed by atoms with van der Waals surface area (Å²) < 4.78 is 50.0. The van der Waals surface area contributed by atoms with E-state index in [4.69, 9.17) is 11.6 Å². The largest absolute Gasteiger partial charge is 0.269 e. The molecule has 0 bridgehead atoms. The fourth-order valence-corrected chi connectivity index (χ4v) is 4.61. The molecular formula is C13H13ClFNO4S2. The Balaban J connectivity index is 0.00000242. The normalized spacial score (nSPS) is 11.7. The highest BCUT2D eigenvalue weighted by atomic mass is 35.5. The van der Waals surface area contributed by atoms with Crippen molar-refractivity contribution in [3.63, 3.8) is 0 Å². The van der Waals surface area contributed by atoms with Crippen LogP contribution in [0, 0.1) is 6.92 Å². The average molecular weight is 366 g/mol. The second-order valence-corrected chi connectivity index (χ2v) is 8.42. The molecule has 0 amide bonds. The van der Waals surface area contributed by atoms with Gasteiger partial charge in [0.15, 0.2) is 0 Å². The van der Waals surface area contributed by atoms with Crippen molar-refractivity contribution in [2.24, 2.45) is 0 Å². The minimum Gasteiger partial charge on any atom is -0.269 e. The number of benzene rings is 2. The fourth-order valence-electron chi connectivity index (χ4n) is 1.57. The lowest BCUT2D eigenvalue weighted by atomic mass is 10.2. The summed E-state index contributed by atoms with van der Waals surface area (Å²) in [6.07, 6.45) is 0. The molecule has 0 atom stereocenters. The van der Waals surface area contributed by atoms with Gasteiger partial charge in [-0.25, -0.2) is 16.8 Å². The molecule has 0 spiro atoms. The molecule has 0 saturated carbocycles. The third kappa shape index (κ3) is 4.26. The van der Waals surface area contributed by atoms with Gasteiger partial charge < -0.3 is 0 Å². The van der Waals surface area contributed by atoms with Crippen molar-refractivity contribution in [3.8, 4) is 0 Å². The van der Waals surface area contributed by atoms with Gasteiger partial charge in [0.2, 0.25) is 0 Å². The first-order valence-electron chi connectivity index (χ1n) is 5.81. The summed E-state index contributed by atoms with van der Waals surface area (Å²) in [5.74, 6) is 0. The number of halogens is 2. The highest BCUT2D eigenvalue weighted by molar-refractivity contribution is 8.04. The van der Waals surface area contributed by atoms with Crippen LogP contribution >= 0.6 is 11.6 Å². The summed E-state index contributed by atoms with van der Waals surface area (Å²) in [6, 6.07) is 11.1. The highest BCUT2D eigenvalue weighted by Crippen LogP contribution is 2.17. The Kier molecular flexibility index (Phi) is 5.69. The summed E-state index contributed by atoms with van der Waals surface area (Å²) in [5.41, 5.74) is 0.870. The van der Waals surface area contributed by atoms with Gasteiger partial charge in [-0.15, -0.1) is 4.13 Å². The van der Waals surface area contributed by atoms with Crippen LogP contribution in [0.2, 0.25) is 5.02 Å². The zero-order chi connectivity index (χ0) is 15.7. The van der Waals surface area contributed by atoms with Crippen molar-refractivity contribution >= 4 is 31.6 Å². The lowest BCUT2D eigenvalue weighted by molar-refractivity contribution is 0.577. The van der Waals surface area contributed by atoms with Crippen molar-refractivity contribution in [1.29, 1.82) is 0 Å². The maximum Gasteiger partial charge on any atom is 0.253 e. The van der Waals surface area contributed by atoms with Crippen molar-refractivity contribution in [3.05, 3.63) is 59.1 Å². The SMILES string of the molecule is Cc1ccc(S(=O)(=O)NS(=O)(=O)c2ccc(Cl)cc2)cc1.F. The average Bonchev–Trinajstić information content (AvgIpc) is 2.38. The van der Waals surface area contributed by atoms with Gasteiger partial charge >= 0.3 is 0 Å². The van der Waals surface area contributed by atoms with Crippen molar-refractivity contribution in [2.75, 3.05) is 0 Å². The first kappa shape index (κ1) is 18.6.